The first-order chi connectivity index (χ1) is 13.5. The van der Waals surface area contributed by atoms with Crippen LogP contribution in [0.15, 0.2) is 81.0 Å². The van der Waals surface area contributed by atoms with Crippen LogP contribution in [0.5, 0.6) is 0 Å². The van der Waals surface area contributed by atoms with E-state index in [2.05, 4.69) is 9.82 Å². The second-order valence-corrected chi connectivity index (χ2v) is 8.57. The van der Waals surface area contributed by atoms with E-state index in [1.807, 2.05) is 16.8 Å². The number of furan rings is 1. The van der Waals surface area contributed by atoms with E-state index in [9.17, 15) is 13.5 Å². The van der Waals surface area contributed by atoms with Crippen LogP contribution in [0.4, 0.5) is 0 Å². The number of nitrogens with one attached hydrogen (secondary N) is 1. The highest BCUT2D eigenvalue weighted by atomic mass is 32.2. The maximum absolute atomic E-state index is 12.5. The van der Waals surface area contributed by atoms with Gasteiger partial charge in [-0.25, -0.2) is 17.8 Å². The number of sulfonamides is 1. The average molecular weight is 415 g/mol. The van der Waals surface area contributed by atoms with Crippen molar-refractivity contribution in [1.82, 2.24) is 14.5 Å². The third kappa shape index (κ3) is 3.92. The molecule has 9 heteroatoms. The Balaban J connectivity index is 1.42. The third-order valence-electron chi connectivity index (χ3n) is 4.14. The number of hydrogen-bond acceptors (Lipinski definition) is 6. The lowest BCUT2D eigenvalue weighted by Gasteiger charge is -2.11. The van der Waals surface area contributed by atoms with Crippen LogP contribution >= 0.6 is 11.3 Å². The van der Waals surface area contributed by atoms with Crippen LogP contribution in [-0.4, -0.2) is 29.8 Å². The molecule has 0 aliphatic carbocycles. The van der Waals surface area contributed by atoms with Crippen molar-refractivity contribution < 1.29 is 17.9 Å². The van der Waals surface area contributed by atoms with E-state index in [1.54, 1.807) is 58.7 Å². The van der Waals surface area contributed by atoms with E-state index < -0.39 is 16.1 Å². The summed E-state index contributed by atoms with van der Waals surface area (Å²) in [5, 5.41) is 18.2. The van der Waals surface area contributed by atoms with Gasteiger partial charge in [-0.05, 0) is 53.9 Å². The van der Waals surface area contributed by atoms with Crippen molar-refractivity contribution in [3.63, 3.8) is 0 Å². The molecule has 0 unspecified atom stereocenters. The lowest BCUT2D eigenvalue weighted by atomic mass is 10.2. The fourth-order valence-electron chi connectivity index (χ4n) is 2.66. The summed E-state index contributed by atoms with van der Waals surface area (Å²) >= 11 is 1.54. The zero-order chi connectivity index (χ0) is 19.6. The molecule has 0 fully saturated rings. The Morgan fingerprint density at radius 3 is 2.68 bits per heavy atom. The Hall–Kier alpha value is -2.72. The molecular formula is C19H17N3O4S2. The summed E-state index contributed by atoms with van der Waals surface area (Å²) < 4.78 is 34.6. The number of benzene rings is 1. The molecule has 4 aromatic rings. The minimum absolute atomic E-state index is 0.106. The minimum Gasteiger partial charge on any atom is -0.458 e. The second-order valence-electron chi connectivity index (χ2n) is 6.03. The number of rotatable bonds is 7. The molecule has 4 rings (SSSR count). The Bertz CT molecular complexity index is 1130. The molecule has 0 radical (unpaired) electrons. The zero-order valence-electron chi connectivity index (χ0n) is 14.6. The average Bonchev–Trinajstić information content (AvgIpc) is 3.48. The van der Waals surface area contributed by atoms with Crippen molar-refractivity contribution in [3.05, 3.63) is 77.4 Å². The van der Waals surface area contributed by atoms with Crippen LogP contribution in [0.25, 0.3) is 17.0 Å². The number of nitrogens with zero attached hydrogens (tertiary/aromatic N) is 2. The second kappa shape index (κ2) is 7.72. The van der Waals surface area contributed by atoms with Crippen molar-refractivity contribution in [2.45, 2.75) is 11.0 Å². The van der Waals surface area contributed by atoms with Gasteiger partial charge in [0.15, 0.2) is 0 Å². The highest BCUT2D eigenvalue weighted by Gasteiger charge is 2.19. The number of aliphatic hydroxyl groups excluding tert-OH is 1. The Labute approximate surface area is 165 Å². The summed E-state index contributed by atoms with van der Waals surface area (Å²) in [5.41, 5.74) is 1.67. The lowest BCUT2D eigenvalue weighted by Crippen LogP contribution is -2.28. The third-order valence-corrected chi connectivity index (χ3v) is 6.27. The predicted octanol–water partition coefficient (Wildman–Crippen LogP) is 3.21. The van der Waals surface area contributed by atoms with E-state index in [4.69, 9.17) is 4.42 Å². The Morgan fingerprint density at radius 2 is 2.00 bits per heavy atom. The van der Waals surface area contributed by atoms with Crippen molar-refractivity contribution in [3.8, 4) is 17.0 Å². The molecule has 0 aliphatic rings. The number of hydrogen-bond donors (Lipinski definition) is 2. The van der Waals surface area contributed by atoms with E-state index >= 15 is 0 Å². The molecule has 144 valence electrons. The molecule has 0 saturated heterocycles. The maximum atomic E-state index is 12.5. The Morgan fingerprint density at radius 1 is 1.18 bits per heavy atom. The number of aliphatic hydroxyl groups is 1. The standard InChI is InChI=1S/C19H17N3O4S2/c23-17(19-7-6-18(26-19)14-8-11-27-13-14)12-21-28(24,25)16-4-2-15(3-5-16)22-10-1-9-20-22/h1-11,13,17,21,23H,12H2/t17-/m0/s1. The topological polar surface area (TPSA) is 97.4 Å². The van der Waals surface area contributed by atoms with Crippen LogP contribution in [0.3, 0.4) is 0 Å². The molecule has 3 heterocycles. The molecule has 0 bridgehead atoms. The largest absolute Gasteiger partial charge is 0.458 e. The first kappa shape index (κ1) is 18.6. The smallest absolute Gasteiger partial charge is 0.240 e. The van der Waals surface area contributed by atoms with Gasteiger partial charge >= 0.3 is 0 Å². The maximum Gasteiger partial charge on any atom is 0.240 e. The zero-order valence-corrected chi connectivity index (χ0v) is 16.2. The predicted molar refractivity (Wildman–Crippen MR) is 106 cm³/mol. The highest BCUT2D eigenvalue weighted by Crippen LogP contribution is 2.27. The molecule has 0 amide bonds. The molecular weight excluding hydrogens is 398 g/mol. The molecule has 1 aromatic carbocycles. The molecule has 7 nitrogen and oxygen atoms in total. The van der Waals surface area contributed by atoms with Crippen molar-refractivity contribution in [2.24, 2.45) is 0 Å². The van der Waals surface area contributed by atoms with Gasteiger partial charge in [0.1, 0.15) is 17.6 Å². The molecule has 2 N–H and O–H groups in total. The van der Waals surface area contributed by atoms with Gasteiger partial charge in [0.25, 0.3) is 0 Å². The van der Waals surface area contributed by atoms with Gasteiger partial charge in [0.2, 0.25) is 10.0 Å². The van der Waals surface area contributed by atoms with Crippen LogP contribution < -0.4 is 4.72 Å². The highest BCUT2D eigenvalue weighted by molar-refractivity contribution is 7.89. The summed E-state index contributed by atoms with van der Waals surface area (Å²) in [6, 6.07) is 13.4. The fraction of sp³-hybridized carbons (Fsp3) is 0.105. The summed E-state index contributed by atoms with van der Waals surface area (Å²) in [7, 11) is -3.76. The molecule has 1 atom stereocenters. The molecule has 28 heavy (non-hydrogen) atoms. The quantitative estimate of drug-likeness (QED) is 0.483. The summed E-state index contributed by atoms with van der Waals surface area (Å²) in [4.78, 5) is 0.106. The van der Waals surface area contributed by atoms with E-state index in [0.717, 1.165) is 11.3 Å². The fourth-order valence-corrected chi connectivity index (χ4v) is 4.35. The van der Waals surface area contributed by atoms with Crippen LogP contribution in [0.1, 0.15) is 11.9 Å². The van der Waals surface area contributed by atoms with E-state index in [1.165, 1.54) is 12.1 Å². The van der Waals surface area contributed by atoms with Gasteiger partial charge in [0, 0.05) is 29.9 Å². The van der Waals surface area contributed by atoms with Crippen molar-refractivity contribution >= 4 is 21.4 Å². The van der Waals surface area contributed by atoms with Crippen molar-refractivity contribution in [1.29, 1.82) is 0 Å². The Kier molecular flexibility index (Phi) is 5.14. The van der Waals surface area contributed by atoms with Crippen LogP contribution in [0, 0.1) is 0 Å². The van der Waals surface area contributed by atoms with Gasteiger partial charge in [-0.1, -0.05) is 0 Å². The summed E-state index contributed by atoms with van der Waals surface area (Å²) in [6.45, 7) is -0.195. The van der Waals surface area contributed by atoms with E-state index in [-0.39, 0.29) is 11.4 Å². The molecule has 0 aliphatic heterocycles. The number of thiophene rings is 1. The lowest BCUT2D eigenvalue weighted by molar-refractivity contribution is 0.155. The normalized spacial score (nSPS) is 12.9. The van der Waals surface area contributed by atoms with Gasteiger partial charge < -0.3 is 9.52 Å². The summed E-state index contributed by atoms with van der Waals surface area (Å²) in [6.07, 6.45) is 2.32. The first-order valence-electron chi connectivity index (χ1n) is 8.43. The van der Waals surface area contributed by atoms with Gasteiger partial charge in [-0.3, -0.25) is 0 Å². The number of aromatic nitrogens is 2. The molecule has 0 saturated carbocycles. The molecule has 3 aromatic heterocycles. The van der Waals surface area contributed by atoms with Gasteiger partial charge in [-0.15, -0.1) is 0 Å². The summed E-state index contributed by atoms with van der Waals surface area (Å²) in [5.74, 6) is 0.935. The SMILES string of the molecule is O=S(=O)(NC[C@H](O)c1ccc(-c2ccsc2)o1)c1ccc(-n2cccn2)cc1. The minimum atomic E-state index is -3.76. The van der Waals surface area contributed by atoms with Gasteiger partial charge in [0.05, 0.1) is 10.6 Å². The van der Waals surface area contributed by atoms with Crippen LogP contribution in [-0.2, 0) is 10.0 Å². The van der Waals surface area contributed by atoms with Crippen molar-refractivity contribution in [2.75, 3.05) is 6.54 Å². The molecule has 0 spiro atoms. The van der Waals surface area contributed by atoms with E-state index in [0.29, 0.717) is 11.5 Å². The van der Waals surface area contributed by atoms with Crippen LogP contribution in [0.2, 0.25) is 0 Å². The van der Waals surface area contributed by atoms with Gasteiger partial charge in [-0.2, -0.15) is 16.4 Å². The first-order valence-corrected chi connectivity index (χ1v) is 10.9. The monoisotopic (exact) mass is 415 g/mol.